The Labute approximate surface area is 103 Å². The number of aromatic nitrogens is 3. The summed E-state index contributed by atoms with van der Waals surface area (Å²) in [6, 6.07) is 5.27. The molecule has 0 fully saturated rings. The van der Waals surface area contributed by atoms with Gasteiger partial charge in [0, 0.05) is 6.54 Å². The fraction of sp³-hybridized carbons (Fsp3) is 0.200. The van der Waals surface area contributed by atoms with Crippen LogP contribution in [0.1, 0.15) is 5.69 Å². The third kappa shape index (κ3) is 2.35. The molecule has 2 rings (SSSR count). The zero-order valence-electron chi connectivity index (χ0n) is 8.61. The van der Waals surface area contributed by atoms with Crippen molar-refractivity contribution in [3.8, 4) is 5.69 Å². The third-order valence-electron chi connectivity index (χ3n) is 2.03. The van der Waals surface area contributed by atoms with Gasteiger partial charge in [0.05, 0.1) is 27.6 Å². The lowest BCUT2D eigenvalue weighted by Gasteiger charge is -2.01. The lowest BCUT2D eigenvalue weighted by atomic mass is 10.3. The monoisotopic (exact) mass is 256 g/mol. The van der Waals surface area contributed by atoms with Crippen LogP contribution in [0.5, 0.6) is 0 Å². The predicted molar refractivity (Wildman–Crippen MR) is 64.1 cm³/mol. The van der Waals surface area contributed by atoms with Gasteiger partial charge in [0.2, 0.25) is 0 Å². The highest BCUT2D eigenvalue weighted by Gasteiger charge is 2.04. The first-order chi connectivity index (χ1) is 7.70. The fourth-order valence-electron chi connectivity index (χ4n) is 1.29. The standard InChI is InChI=1S/C10H10Cl2N4/c1-13-5-7-6-14-16(15-7)8-2-3-9(11)10(12)4-8/h2-4,6,13H,5H2,1H3. The zero-order chi connectivity index (χ0) is 11.5. The molecular formula is C10H10Cl2N4. The van der Waals surface area contributed by atoms with E-state index in [2.05, 4.69) is 15.5 Å². The molecule has 2 aromatic rings. The van der Waals surface area contributed by atoms with Crippen LogP contribution in [0.4, 0.5) is 0 Å². The molecule has 0 saturated carbocycles. The summed E-state index contributed by atoms with van der Waals surface area (Å²) in [5.41, 5.74) is 1.66. The van der Waals surface area contributed by atoms with E-state index in [9.17, 15) is 0 Å². The van der Waals surface area contributed by atoms with E-state index in [4.69, 9.17) is 23.2 Å². The molecule has 0 radical (unpaired) electrons. The van der Waals surface area contributed by atoms with Crippen molar-refractivity contribution in [3.05, 3.63) is 40.1 Å². The summed E-state index contributed by atoms with van der Waals surface area (Å²) >= 11 is 11.7. The van der Waals surface area contributed by atoms with Crippen molar-refractivity contribution >= 4 is 23.2 Å². The number of hydrogen-bond donors (Lipinski definition) is 1. The van der Waals surface area contributed by atoms with Gasteiger partial charge in [-0.1, -0.05) is 23.2 Å². The minimum absolute atomic E-state index is 0.492. The van der Waals surface area contributed by atoms with Crippen LogP contribution in [0.3, 0.4) is 0 Å². The zero-order valence-corrected chi connectivity index (χ0v) is 10.1. The summed E-state index contributed by atoms with van der Waals surface area (Å²) in [6.45, 7) is 0.682. The molecule has 0 aliphatic heterocycles. The Bertz CT molecular complexity index is 495. The second kappa shape index (κ2) is 4.82. The highest BCUT2D eigenvalue weighted by Crippen LogP contribution is 2.23. The van der Waals surface area contributed by atoms with Crippen LogP contribution in [-0.2, 0) is 6.54 Å². The van der Waals surface area contributed by atoms with E-state index in [1.807, 2.05) is 13.1 Å². The van der Waals surface area contributed by atoms with Gasteiger partial charge in [-0.2, -0.15) is 15.0 Å². The summed E-state index contributed by atoms with van der Waals surface area (Å²) in [7, 11) is 1.86. The van der Waals surface area contributed by atoms with Crippen LogP contribution in [0.25, 0.3) is 5.69 Å². The van der Waals surface area contributed by atoms with E-state index in [0.29, 0.717) is 16.6 Å². The average molecular weight is 257 g/mol. The van der Waals surface area contributed by atoms with Crippen LogP contribution in [0, 0.1) is 0 Å². The van der Waals surface area contributed by atoms with Crippen molar-refractivity contribution in [3.63, 3.8) is 0 Å². The fourth-order valence-corrected chi connectivity index (χ4v) is 1.58. The Morgan fingerprint density at radius 2 is 2.12 bits per heavy atom. The van der Waals surface area contributed by atoms with Gasteiger partial charge >= 0.3 is 0 Å². The molecule has 16 heavy (non-hydrogen) atoms. The number of rotatable bonds is 3. The molecule has 1 aromatic heterocycles. The van der Waals surface area contributed by atoms with Crippen molar-refractivity contribution in [1.82, 2.24) is 20.3 Å². The maximum Gasteiger partial charge on any atom is 0.0969 e. The van der Waals surface area contributed by atoms with Crippen molar-refractivity contribution in [2.45, 2.75) is 6.54 Å². The maximum absolute atomic E-state index is 5.92. The van der Waals surface area contributed by atoms with E-state index in [-0.39, 0.29) is 0 Å². The molecule has 4 nitrogen and oxygen atoms in total. The summed E-state index contributed by atoms with van der Waals surface area (Å²) in [6.07, 6.45) is 1.71. The lowest BCUT2D eigenvalue weighted by Crippen LogP contribution is -2.06. The molecule has 84 valence electrons. The van der Waals surface area contributed by atoms with Crippen molar-refractivity contribution < 1.29 is 0 Å². The van der Waals surface area contributed by atoms with Crippen molar-refractivity contribution in [2.24, 2.45) is 0 Å². The van der Waals surface area contributed by atoms with Crippen LogP contribution >= 0.6 is 23.2 Å². The molecule has 6 heteroatoms. The van der Waals surface area contributed by atoms with E-state index in [1.54, 1.807) is 18.3 Å². The molecule has 0 unspecified atom stereocenters. The van der Waals surface area contributed by atoms with Crippen LogP contribution in [0.15, 0.2) is 24.4 Å². The Kier molecular flexibility index (Phi) is 3.43. The molecule has 0 atom stereocenters. The topological polar surface area (TPSA) is 42.7 Å². The molecule has 1 aromatic carbocycles. The Balaban J connectivity index is 2.31. The first-order valence-electron chi connectivity index (χ1n) is 4.72. The number of hydrogen-bond acceptors (Lipinski definition) is 3. The quantitative estimate of drug-likeness (QED) is 0.917. The first-order valence-corrected chi connectivity index (χ1v) is 5.47. The number of nitrogens with zero attached hydrogens (tertiary/aromatic N) is 3. The highest BCUT2D eigenvalue weighted by atomic mass is 35.5. The van der Waals surface area contributed by atoms with Gasteiger partial charge in [-0.15, -0.1) is 0 Å². The molecular weight excluding hydrogens is 247 g/mol. The second-order valence-corrected chi connectivity index (χ2v) is 4.07. The van der Waals surface area contributed by atoms with E-state index in [0.717, 1.165) is 11.4 Å². The van der Waals surface area contributed by atoms with Gasteiger partial charge in [0.25, 0.3) is 0 Å². The molecule has 0 aliphatic rings. The average Bonchev–Trinajstić information content (AvgIpc) is 2.71. The SMILES string of the molecule is CNCc1cnn(-c2ccc(Cl)c(Cl)c2)n1. The van der Waals surface area contributed by atoms with Crippen molar-refractivity contribution in [2.75, 3.05) is 7.05 Å². The highest BCUT2D eigenvalue weighted by molar-refractivity contribution is 6.42. The molecule has 0 amide bonds. The molecule has 0 aliphatic carbocycles. The van der Waals surface area contributed by atoms with E-state index in [1.165, 1.54) is 4.80 Å². The Morgan fingerprint density at radius 3 is 2.81 bits per heavy atom. The maximum atomic E-state index is 5.92. The Hall–Kier alpha value is -1.10. The van der Waals surface area contributed by atoms with Gasteiger partial charge in [-0.3, -0.25) is 0 Å². The molecule has 0 bridgehead atoms. The lowest BCUT2D eigenvalue weighted by molar-refractivity contribution is 0.716. The van der Waals surface area contributed by atoms with E-state index < -0.39 is 0 Å². The number of halogens is 2. The van der Waals surface area contributed by atoms with Crippen LogP contribution in [0.2, 0.25) is 10.0 Å². The molecule has 0 spiro atoms. The van der Waals surface area contributed by atoms with Crippen molar-refractivity contribution in [1.29, 1.82) is 0 Å². The van der Waals surface area contributed by atoms with Gasteiger partial charge in [0.1, 0.15) is 0 Å². The molecule has 1 N–H and O–H groups in total. The summed E-state index contributed by atoms with van der Waals surface area (Å²) < 4.78 is 0. The van der Waals surface area contributed by atoms with Gasteiger partial charge in [-0.05, 0) is 25.2 Å². The molecule has 0 saturated heterocycles. The van der Waals surface area contributed by atoms with Gasteiger partial charge < -0.3 is 5.32 Å². The smallest absolute Gasteiger partial charge is 0.0969 e. The first kappa shape index (κ1) is 11.4. The minimum atomic E-state index is 0.492. The van der Waals surface area contributed by atoms with Gasteiger partial charge in [0.15, 0.2) is 0 Å². The van der Waals surface area contributed by atoms with E-state index >= 15 is 0 Å². The predicted octanol–water partition coefficient (Wildman–Crippen LogP) is 2.29. The normalized spacial score (nSPS) is 10.7. The van der Waals surface area contributed by atoms with Crippen LogP contribution < -0.4 is 5.32 Å². The Morgan fingerprint density at radius 1 is 1.31 bits per heavy atom. The summed E-state index contributed by atoms with van der Waals surface area (Å²) in [5.74, 6) is 0. The molecule has 1 heterocycles. The van der Waals surface area contributed by atoms with Crippen LogP contribution in [-0.4, -0.2) is 22.0 Å². The third-order valence-corrected chi connectivity index (χ3v) is 2.77. The second-order valence-electron chi connectivity index (χ2n) is 3.25. The largest absolute Gasteiger partial charge is 0.314 e. The minimum Gasteiger partial charge on any atom is -0.314 e. The van der Waals surface area contributed by atoms with Gasteiger partial charge in [-0.25, -0.2) is 0 Å². The summed E-state index contributed by atoms with van der Waals surface area (Å²) in [5, 5.41) is 12.4. The number of benzene rings is 1. The number of nitrogens with one attached hydrogen (secondary N) is 1. The summed E-state index contributed by atoms with van der Waals surface area (Å²) in [4.78, 5) is 1.52.